The molecular weight excluding hydrogens is 188 g/mol. The zero-order valence-corrected chi connectivity index (χ0v) is 7.54. The van der Waals surface area contributed by atoms with Gasteiger partial charge in [0.1, 0.15) is 25.2 Å². The summed E-state index contributed by atoms with van der Waals surface area (Å²) in [5.41, 5.74) is 0. The van der Waals surface area contributed by atoms with Gasteiger partial charge in [-0.1, -0.05) is 0 Å². The lowest BCUT2D eigenvalue weighted by molar-refractivity contribution is -0.141. The summed E-state index contributed by atoms with van der Waals surface area (Å²) in [5, 5.41) is 14.5. The van der Waals surface area contributed by atoms with E-state index in [0.717, 1.165) is 0 Å². The first-order valence-corrected chi connectivity index (χ1v) is 3.94. The average Bonchev–Trinajstić information content (AvgIpc) is 2.56. The van der Waals surface area contributed by atoms with Crippen LogP contribution in [0.25, 0.3) is 0 Å². The van der Waals surface area contributed by atoms with Gasteiger partial charge < -0.3 is 10.4 Å². The van der Waals surface area contributed by atoms with Crippen molar-refractivity contribution < 1.29 is 14.7 Å². The van der Waals surface area contributed by atoms with Crippen LogP contribution in [0.4, 0.5) is 0 Å². The zero-order chi connectivity index (χ0) is 10.6. The highest BCUT2D eigenvalue weighted by Gasteiger charge is 2.13. The van der Waals surface area contributed by atoms with Crippen molar-refractivity contribution in [3.8, 4) is 0 Å². The molecule has 0 aliphatic carbocycles. The predicted octanol–water partition coefficient (Wildman–Crippen LogP) is -1.13. The second-order valence-electron chi connectivity index (χ2n) is 2.72. The normalized spacial score (nSPS) is 12.1. The Kier molecular flexibility index (Phi) is 3.16. The van der Waals surface area contributed by atoms with Crippen LogP contribution >= 0.6 is 0 Å². The van der Waals surface area contributed by atoms with Crippen LogP contribution in [0.2, 0.25) is 0 Å². The van der Waals surface area contributed by atoms with Gasteiger partial charge in [0.05, 0.1) is 0 Å². The van der Waals surface area contributed by atoms with Gasteiger partial charge in [0, 0.05) is 0 Å². The van der Waals surface area contributed by atoms with Gasteiger partial charge in [-0.05, 0) is 6.92 Å². The molecule has 1 atom stereocenters. The summed E-state index contributed by atoms with van der Waals surface area (Å²) in [6.07, 6.45) is 2.68. The molecular formula is C7H10N4O3. The topological polar surface area (TPSA) is 97.1 Å². The van der Waals surface area contributed by atoms with Gasteiger partial charge >= 0.3 is 5.97 Å². The van der Waals surface area contributed by atoms with Gasteiger partial charge in [-0.3, -0.25) is 9.59 Å². The Morgan fingerprint density at radius 1 is 1.64 bits per heavy atom. The van der Waals surface area contributed by atoms with Crippen LogP contribution < -0.4 is 5.32 Å². The summed E-state index contributed by atoms with van der Waals surface area (Å²) < 4.78 is 1.31. The number of carboxylic acid groups (broad SMARTS) is 1. The third-order valence-electron chi connectivity index (χ3n) is 1.52. The minimum atomic E-state index is -1.07. The van der Waals surface area contributed by atoms with Crippen molar-refractivity contribution in [2.75, 3.05) is 0 Å². The highest BCUT2D eigenvalue weighted by atomic mass is 16.4. The van der Waals surface area contributed by atoms with Crippen molar-refractivity contribution in [2.24, 2.45) is 0 Å². The Bertz CT molecular complexity index is 322. The summed E-state index contributed by atoms with van der Waals surface area (Å²) in [4.78, 5) is 25.2. The van der Waals surface area contributed by atoms with Crippen molar-refractivity contribution in [3.05, 3.63) is 12.7 Å². The van der Waals surface area contributed by atoms with Crippen LogP contribution in [-0.2, 0) is 16.1 Å². The van der Waals surface area contributed by atoms with Crippen LogP contribution in [0.15, 0.2) is 12.7 Å². The van der Waals surface area contributed by atoms with Gasteiger partial charge in [0.25, 0.3) is 0 Å². The van der Waals surface area contributed by atoms with Crippen LogP contribution in [-0.4, -0.2) is 37.8 Å². The van der Waals surface area contributed by atoms with Gasteiger partial charge in [0.2, 0.25) is 5.91 Å². The smallest absolute Gasteiger partial charge is 0.325 e. The molecule has 1 amide bonds. The standard InChI is InChI=1S/C7H10N4O3/c1-5(7(13)14)10-6(12)2-11-4-8-3-9-11/h3-5H,2H2,1H3,(H,10,12)(H,13,14)/t5-/m1/s1. The molecule has 7 heteroatoms. The van der Waals surface area contributed by atoms with Gasteiger partial charge in [-0.25, -0.2) is 9.67 Å². The number of hydrogen-bond acceptors (Lipinski definition) is 4. The fourth-order valence-corrected chi connectivity index (χ4v) is 0.810. The lowest BCUT2D eigenvalue weighted by Crippen LogP contribution is -2.40. The highest BCUT2D eigenvalue weighted by Crippen LogP contribution is 1.84. The number of aliphatic carboxylic acids is 1. The van der Waals surface area contributed by atoms with Crippen LogP contribution in [0.3, 0.4) is 0 Å². The summed E-state index contributed by atoms with van der Waals surface area (Å²) in [5.74, 6) is -1.48. The van der Waals surface area contributed by atoms with Crippen LogP contribution in [0.1, 0.15) is 6.92 Å². The summed E-state index contributed by atoms with van der Waals surface area (Å²) in [6, 6.07) is -0.897. The second kappa shape index (κ2) is 4.35. The Morgan fingerprint density at radius 3 is 2.86 bits per heavy atom. The van der Waals surface area contributed by atoms with E-state index in [1.165, 1.54) is 24.3 Å². The number of nitrogens with one attached hydrogen (secondary N) is 1. The molecule has 0 bridgehead atoms. The van der Waals surface area contributed by atoms with Crippen molar-refractivity contribution in [3.63, 3.8) is 0 Å². The van der Waals surface area contributed by atoms with Crippen molar-refractivity contribution >= 4 is 11.9 Å². The van der Waals surface area contributed by atoms with Crippen molar-refractivity contribution in [1.82, 2.24) is 20.1 Å². The molecule has 14 heavy (non-hydrogen) atoms. The molecule has 2 N–H and O–H groups in total. The van der Waals surface area contributed by atoms with E-state index in [1.807, 2.05) is 0 Å². The third-order valence-corrected chi connectivity index (χ3v) is 1.52. The lowest BCUT2D eigenvalue weighted by Gasteiger charge is -2.08. The van der Waals surface area contributed by atoms with Crippen molar-refractivity contribution in [2.45, 2.75) is 19.5 Å². The number of hydrogen-bond donors (Lipinski definition) is 2. The third kappa shape index (κ3) is 2.85. The summed E-state index contributed by atoms with van der Waals surface area (Å²) in [7, 11) is 0. The maximum Gasteiger partial charge on any atom is 0.325 e. The monoisotopic (exact) mass is 198 g/mol. The summed E-state index contributed by atoms with van der Waals surface area (Å²) in [6.45, 7) is 1.36. The first-order chi connectivity index (χ1) is 6.59. The molecule has 0 spiro atoms. The molecule has 0 fully saturated rings. The number of nitrogens with zero attached hydrogens (tertiary/aromatic N) is 3. The predicted molar refractivity (Wildman–Crippen MR) is 45.3 cm³/mol. The molecule has 1 aromatic heterocycles. The van der Waals surface area contributed by atoms with E-state index in [1.54, 1.807) is 0 Å². The Hall–Kier alpha value is -1.92. The van der Waals surface area contributed by atoms with Crippen molar-refractivity contribution in [1.29, 1.82) is 0 Å². The lowest BCUT2D eigenvalue weighted by atomic mass is 10.3. The SMILES string of the molecule is C[C@@H](NC(=O)Cn1cncn1)C(=O)O. The zero-order valence-electron chi connectivity index (χ0n) is 7.54. The maximum absolute atomic E-state index is 11.2. The van der Waals surface area contributed by atoms with E-state index < -0.39 is 17.9 Å². The molecule has 0 aliphatic heterocycles. The van der Waals surface area contributed by atoms with Crippen LogP contribution in [0.5, 0.6) is 0 Å². The fraction of sp³-hybridized carbons (Fsp3) is 0.429. The first-order valence-electron chi connectivity index (χ1n) is 3.94. The molecule has 76 valence electrons. The summed E-state index contributed by atoms with van der Waals surface area (Å²) >= 11 is 0. The maximum atomic E-state index is 11.2. The molecule has 1 aromatic rings. The second-order valence-corrected chi connectivity index (χ2v) is 2.72. The van der Waals surface area contributed by atoms with Gasteiger partial charge in [-0.2, -0.15) is 5.10 Å². The van der Waals surface area contributed by atoms with E-state index in [-0.39, 0.29) is 6.54 Å². The van der Waals surface area contributed by atoms with Crippen LogP contribution in [0, 0.1) is 0 Å². The Balaban J connectivity index is 2.40. The average molecular weight is 198 g/mol. The fourth-order valence-electron chi connectivity index (χ4n) is 0.810. The molecule has 0 saturated carbocycles. The minimum absolute atomic E-state index is 0.0301. The largest absolute Gasteiger partial charge is 0.480 e. The quantitative estimate of drug-likeness (QED) is 0.637. The Labute approximate surface area is 79.8 Å². The molecule has 7 nitrogen and oxygen atoms in total. The van der Waals surface area contributed by atoms with Gasteiger partial charge in [-0.15, -0.1) is 0 Å². The van der Waals surface area contributed by atoms with E-state index in [0.29, 0.717) is 0 Å². The molecule has 0 unspecified atom stereocenters. The van der Waals surface area contributed by atoms with E-state index in [9.17, 15) is 9.59 Å². The first kappa shape index (κ1) is 10.2. The molecule has 0 saturated heterocycles. The minimum Gasteiger partial charge on any atom is -0.480 e. The Morgan fingerprint density at radius 2 is 2.36 bits per heavy atom. The molecule has 0 radical (unpaired) electrons. The number of amides is 1. The molecule has 1 heterocycles. The van der Waals surface area contributed by atoms with E-state index >= 15 is 0 Å². The van der Waals surface area contributed by atoms with E-state index in [4.69, 9.17) is 5.11 Å². The van der Waals surface area contributed by atoms with E-state index in [2.05, 4.69) is 15.4 Å². The van der Waals surface area contributed by atoms with Gasteiger partial charge in [0.15, 0.2) is 0 Å². The molecule has 0 aromatic carbocycles. The number of rotatable bonds is 4. The number of carbonyl (C=O) groups excluding carboxylic acids is 1. The number of carbonyl (C=O) groups is 2. The highest BCUT2D eigenvalue weighted by molar-refractivity contribution is 5.82. The molecule has 0 aliphatic rings. The molecule has 1 rings (SSSR count). The number of aromatic nitrogens is 3. The number of carboxylic acids is 1.